The van der Waals surface area contributed by atoms with Crippen molar-refractivity contribution in [3.05, 3.63) is 23.5 Å². The van der Waals surface area contributed by atoms with Gasteiger partial charge in [0.15, 0.2) is 0 Å². The first kappa shape index (κ1) is 5.34. The molecule has 1 aromatic rings. The van der Waals surface area contributed by atoms with Crippen LogP contribution < -0.4 is 5.43 Å². The maximum absolute atomic E-state index is 8.95. The summed E-state index contributed by atoms with van der Waals surface area (Å²) < 4.78 is 1.05. The van der Waals surface area contributed by atoms with Gasteiger partial charge >= 0.3 is 0 Å². The average Bonchev–Trinajstić information content (AvgIpc) is 2.27. The number of aromatic nitrogens is 1. The first-order chi connectivity index (χ1) is 4.86. The third kappa shape index (κ3) is 0.655. The topological polar surface area (TPSA) is 49.5 Å². The zero-order chi connectivity index (χ0) is 6.97. The molecule has 0 unspecified atom stereocenters. The first-order valence-corrected chi connectivity index (χ1v) is 3.02. The highest BCUT2D eigenvalue weighted by atomic mass is 16.5. The highest BCUT2D eigenvalue weighted by molar-refractivity contribution is 5.82. The molecule has 0 aromatic carbocycles. The van der Waals surface area contributed by atoms with Crippen molar-refractivity contribution in [3.63, 3.8) is 0 Å². The van der Waals surface area contributed by atoms with Gasteiger partial charge in [0.2, 0.25) is 0 Å². The Bertz CT molecular complexity index is 277. The van der Waals surface area contributed by atoms with Gasteiger partial charge in [-0.15, -0.1) is 0 Å². The predicted octanol–water partition coefficient (Wildman–Crippen LogP) is 0.162. The summed E-state index contributed by atoms with van der Waals surface area (Å²) in [7, 11) is 0. The maximum atomic E-state index is 8.95. The van der Waals surface area contributed by atoms with Crippen LogP contribution >= 0.6 is 0 Å². The zero-order valence-electron chi connectivity index (χ0n) is 5.28. The Morgan fingerprint density at radius 1 is 1.60 bits per heavy atom. The van der Waals surface area contributed by atoms with Crippen molar-refractivity contribution >= 4 is 6.21 Å². The minimum absolute atomic E-state index is 0.694. The summed E-state index contributed by atoms with van der Waals surface area (Å²) in [5.41, 5.74) is 4.84. The summed E-state index contributed by atoms with van der Waals surface area (Å²) in [5.74, 6) is 0. The van der Waals surface area contributed by atoms with Crippen LogP contribution in [0.4, 0.5) is 0 Å². The van der Waals surface area contributed by atoms with Crippen LogP contribution in [0.15, 0.2) is 17.5 Å². The number of hydrogen-bond donors (Lipinski definition) is 2. The second-order valence-corrected chi connectivity index (χ2v) is 2.21. The molecule has 0 fully saturated rings. The third-order valence-electron chi connectivity index (χ3n) is 1.49. The van der Waals surface area contributed by atoms with Gasteiger partial charge in [-0.2, -0.15) is 5.10 Å². The lowest BCUT2D eigenvalue weighted by atomic mass is 10.2. The largest absolute Gasteiger partial charge is 0.429 e. The van der Waals surface area contributed by atoms with Crippen LogP contribution in [0, 0.1) is 0 Å². The van der Waals surface area contributed by atoms with Gasteiger partial charge in [0.25, 0.3) is 0 Å². The van der Waals surface area contributed by atoms with Crippen LogP contribution in [-0.4, -0.2) is 16.2 Å². The fourth-order valence-electron chi connectivity index (χ4n) is 1.01. The van der Waals surface area contributed by atoms with Gasteiger partial charge in [0.05, 0.1) is 19.0 Å². The normalized spacial score (nSPS) is 14.4. The Hall–Kier alpha value is -1.45. The molecule has 4 nitrogen and oxygen atoms in total. The number of rotatable bonds is 0. The second kappa shape index (κ2) is 1.76. The summed E-state index contributed by atoms with van der Waals surface area (Å²) in [6.45, 7) is 0.694. The van der Waals surface area contributed by atoms with E-state index < -0.39 is 0 Å². The fraction of sp³-hybridized carbons (Fsp3) is 0.167. The Labute approximate surface area is 57.7 Å². The zero-order valence-corrected chi connectivity index (χ0v) is 5.28. The molecule has 2 heterocycles. The summed E-state index contributed by atoms with van der Waals surface area (Å²) in [4.78, 5) is 0. The van der Waals surface area contributed by atoms with E-state index in [-0.39, 0.29) is 0 Å². The smallest absolute Gasteiger partial charge is 0.0602 e. The SMILES string of the molecule is On1cc2c(c1)CNN=C2. The molecule has 1 aliphatic rings. The molecule has 0 saturated heterocycles. The minimum Gasteiger partial charge on any atom is -0.429 e. The molecular weight excluding hydrogens is 130 g/mol. The Balaban J connectivity index is 2.53. The molecule has 52 valence electrons. The van der Waals surface area contributed by atoms with E-state index in [9.17, 15) is 0 Å². The highest BCUT2D eigenvalue weighted by Crippen LogP contribution is 2.09. The van der Waals surface area contributed by atoms with E-state index in [0.29, 0.717) is 6.54 Å². The van der Waals surface area contributed by atoms with E-state index in [1.807, 2.05) is 0 Å². The van der Waals surface area contributed by atoms with Crippen LogP contribution in [0.1, 0.15) is 11.1 Å². The Kier molecular flexibility index (Phi) is 0.943. The predicted molar refractivity (Wildman–Crippen MR) is 36.1 cm³/mol. The van der Waals surface area contributed by atoms with E-state index in [0.717, 1.165) is 15.9 Å². The Morgan fingerprint density at radius 2 is 2.50 bits per heavy atom. The Morgan fingerprint density at radius 3 is 3.30 bits per heavy atom. The molecule has 2 N–H and O–H groups in total. The van der Waals surface area contributed by atoms with E-state index in [1.54, 1.807) is 18.6 Å². The van der Waals surface area contributed by atoms with Gasteiger partial charge in [-0.1, -0.05) is 0 Å². The minimum atomic E-state index is 0.694. The number of hydrazone groups is 1. The van der Waals surface area contributed by atoms with Crippen molar-refractivity contribution in [1.82, 2.24) is 10.2 Å². The quantitative estimate of drug-likeness (QED) is 0.500. The van der Waals surface area contributed by atoms with E-state index in [2.05, 4.69) is 10.5 Å². The van der Waals surface area contributed by atoms with Crippen LogP contribution in [-0.2, 0) is 6.54 Å². The van der Waals surface area contributed by atoms with Gasteiger partial charge in [-0.3, -0.25) is 0 Å². The molecule has 0 atom stereocenters. The molecule has 4 heteroatoms. The van der Waals surface area contributed by atoms with Crippen LogP contribution in [0.2, 0.25) is 0 Å². The second-order valence-electron chi connectivity index (χ2n) is 2.21. The molecular formula is C6H7N3O. The van der Waals surface area contributed by atoms with Crippen molar-refractivity contribution in [1.29, 1.82) is 0 Å². The molecule has 0 aliphatic carbocycles. The van der Waals surface area contributed by atoms with E-state index in [4.69, 9.17) is 5.21 Å². The van der Waals surface area contributed by atoms with Crippen LogP contribution in [0.3, 0.4) is 0 Å². The lowest BCUT2D eigenvalue weighted by Gasteiger charge is -2.03. The van der Waals surface area contributed by atoms with Crippen molar-refractivity contribution in [3.8, 4) is 0 Å². The van der Waals surface area contributed by atoms with Crippen LogP contribution in [0.5, 0.6) is 0 Å². The van der Waals surface area contributed by atoms with E-state index >= 15 is 0 Å². The van der Waals surface area contributed by atoms with Crippen molar-refractivity contribution < 1.29 is 5.21 Å². The van der Waals surface area contributed by atoms with Gasteiger partial charge in [-0.05, 0) is 0 Å². The van der Waals surface area contributed by atoms with Crippen molar-refractivity contribution in [2.75, 3.05) is 0 Å². The summed E-state index contributed by atoms with van der Waals surface area (Å²) in [6, 6.07) is 0. The molecule has 0 bridgehead atoms. The lowest BCUT2D eigenvalue weighted by molar-refractivity contribution is 0.187. The lowest BCUT2D eigenvalue weighted by Crippen LogP contribution is -2.10. The van der Waals surface area contributed by atoms with Crippen molar-refractivity contribution in [2.24, 2.45) is 5.10 Å². The standard InChI is InChI=1S/C6H7N3O/c10-9-3-5-1-7-8-2-6(5)4-9/h1,3-4,8,10H,2H2. The monoisotopic (exact) mass is 137 g/mol. The maximum Gasteiger partial charge on any atom is 0.0602 e. The number of fused-ring (bicyclic) bond motifs is 1. The molecule has 0 spiro atoms. The average molecular weight is 137 g/mol. The molecule has 0 radical (unpaired) electrons. The van der Waals surface area contributed by atoms with Gasteiger partial charge in [0, 0.05) is 17.3 Å². The van der Waals surface area contributed by atoms with Gasteiger partial charge in [-0.25, -0.2) is 4.73 Å². The third-order valence-corrected chi connectivity index (χ3v) is 1.49. The summed E-state index contributed by atoms with van der Waals surface area (Å²) in [6.07, 6.45) is 4.97. The van der Waals surface area contributed by atoms with Crippen molar-refractivity contribution in [2.45, 2.75) is 6.54 Å². The van der Waals surface area contributed by atoms with E-state index in [1.165, 1.54) is 0 Å². The molecule has 2 rings (SSSR count). The fourth-order valence-corrected chi connectivity index (χ4v) is 1.01. The summed E-state index contributed by atoms with van der Waals surface area (Å²) in [5, 5.41) is 12.8. The highest BCUT2D eigenvalue weighted by Gasteiger charge is 2.06. The first-order valence-electron chi connectivity index (χ1n) is 3.02. The summed E-state index contributed by atoms with van der Waals surface area (Å²) >= 11 is 0. The number of nitrogens with zero attached hydrogens (tertiary/aromatic N) is 2. The molecule has 0 saturated carbocycles. The molecule has 1 aromatic heterocycles. The van der Waals surface area contributed by atoms with Gasteiger partial charge in [0.1, 0.15) is 0 Å². The number of nitrogens with one attached hydrogen (secondary N) is 1. The molecule has 1 aliphatic heterocycles. The molecule has 10 heavy (non-hydrogen) atoms. The molecule has 0 amide bonds. The van der Waals surface area contributed by atoms with Gasteiger partial charge < -0.3 is 10.6 Å². The van der Waals surface area contributed by atoms with Crippen LogP contribution in [0.25, 0.3) is 0 Å². The number of hydrogen-bond acceptors (Lipinski definition) is 3.